The molecule has 2 heterocycles. The fraction of sp³-hybridized carbons (Fsp3) is 0.571. The van der Waals surface area contributed by atoms with E-state index < -0.39 is 0 Å². The Labute approximate surface area is 170 Å². The Kier molecular flexibility index (Phi) is 6.20. The van der Waals surface area contributed by atoms with Gasteiger partial charge in [-0.05, 0) is 37.8 Å². The summed E-state index contributed by atoms with van der Waals surface area (Å²) in [6, 6.07) is 8.18. The van der Waals surface area contributed by atoms with Crippen molar-refractivity contribution in [3.8, 4) is 0 Å². The number of nitrogens with one attached hydrogen (secondary N) is 1. The van der Waals surface area contributed by atoms with Crippen molar-refractivity contribution in [1.29, 1.82) is 0 Å². The highest BCUT2D eigenvalue weighted by molar-refractivity contribution is 7.99. The molecule has 1 aliphatic carbocycles. The zero-order chi connectivity index (χ0) is 19.3. The molecule has 0 atom stereocenters. The molecule has 1 saturated carbocycles. The Balaban J connectivity index is 1.44. The van der Waals surface area contributed by atoms with Gasteiger partial charge in [0.2, 0.25) is 11.8 Å². The molecule has 1 aliphatic heterocycles. The van der Waals surface area contributed by atoms with Crippen LogP contribution in [0.1, 0.15) is 44.9 Å². The molecule has 0 radical (unpaired) electrons. The molecule has 1 aromatic heterocycles. The van der Waals surface area contributed by atoms with Gasteiger partial charge in [-0.1, -0.05) is 43.2 Å². The van der Waals surface area contributed by atoms with Gasteiger partial charge in [0.05, 0.1) is 16.8 Å². The summed E-state index contributed by atoms with van der Waals surface area (Å²) in [5.41, 5.74) is 1.82. The van der Waals surface area contributed by atoms with Gasteiger partial charge in [0.1, 0.15) is 6.54 Å². The van der Waals surface area contributed by atoms with Crippen molar-refractivity contribution in [2.24, 2.45) is 0 Å². The molecule has 4 rings (SSSR count). The highest BCUT2D eigenvalue weighted by Crippen LogP contribution is 2.25. The third-order valence-electron chi connectivity index (χ3n) is 5.67. The summed E-state index contributed by atoms with van der Waals surface area (Å²) in [5, 5.41) is 3.90. The van der Waals surface area contributed by atoms with Gasteiger partial charge in [-0.3, -0.25) is 9.59 Å². The highest BCUT2D eigenvalue weighted by Gasteiger charge is 2.22. The van der Waals surface area contributed by atoms with Gasteiger partial charge in [-0.25, -0.2) is 4.98 Å². The maximum Gasteiger partial charge on any atom is 0.242 e. The lowest BCUT2D eigenvalue weighted by molar-refractivity contribution is -0.130. The molecule has 2 fully saturated rings. The van der Waals surface area contributed by atoms with Crippen LogP contribution in [0.4, 0.5) is 0 Å². The lowest BCUT2D eigenvalue weighted by Crippen LogP contribution is -2.37. The minimum atomic E-state index is 0.0568. The number of thioether (sulfide) groups is 1. The first kappa shape index (κ1) is 19.3. The second kappa shape index (κ2) is 8.99. The maximum absolute atomic E-state index is 12.7. The van der Waals surface area contributed by atoms with Crippen LogP contribution in [0, 0.1) is 0 Å². The first-order valence-corrected chi connectivity index (χ1v) is 11.3. The van der Waals surface area contributed by atoms with Crippen molar-refractivity contribution >= 4 is 34.6 Å². The molecule has 0 bridgehead atoms. The average molecular weight is 401 g/mol. The summed E-state index contributed by atoms with van der Waals surface area (Å²) < 4.78 is 1.97. The van der Waals surface area contributed by atoms with Crippen molar-refractivity contribution in [2.45, 2.75) is 62.7 Å². The van der Waals surface area contributed by atoms with Gasteiger partial charge in [0.15, 0.2) is 5.16 Å². The van der Waals surface area contributed by atoms with Crippen LogP contribution in [0.25, 0.3) is 11.0 Å². The third kappa shape index (κ3) is 4.51. The van der Waals surface area contributed by atoms with E-state index >= 15 is 0 Å². The van der Waals surface area contributed by atoms with Gasteiger partial charge in [0.25, 0.3) is 0 Å². The molecule has 2 aliphatic rings. The maximum atomic E-state index is 12.7. The molecule has 1 N–H and O–H groups in total. The Morgan fingerprint density at radius 2 is 1.82 bits per heavy atom. The van der Waals surface area contributed by atoms with E-state index in [1.165, 1.54) is 31.0 Å². The highest BCUT2D eigenvalue weighted by atomic mass is 32.2. The van der Waals surface area contributed by atoms with E-state index in [1.54, 1.807) is 0 Å². The fourth-order valence-electron chi connectivity index (χ4n) is 4.16. The molecule has 1 aromatic carbocycles. The van der Waals surface area contributed by atoms with Crippen molar-refractivity contribution in [3.63, 3.8) is 0 Å². The Hall–Kier alpha value is -2.02. The summed E-state index contributed by atoms with van der Waals surface area (Å²) in [7, 11) is 0. The number of likely N-dealkylation sites (tertiary alicyclic amines) is 1. The van der Waals surface area contributed by atoms with Gasteiger partial charge < -0.3 is 14.8 Å². The van der Waals surface area contributed by atoms with Crippen molar-refractivity contribution < 1.29 is 9.59 Å². The van der Waals surface area contributed by atoms with Crippen molar-refractivity contribution in [2.75, 3.05) is 18.8 Å². The summed E-state index contributed by atoms with van der Waals surface area (Å²) in [6.45, 7) is 1.97. The quantitative estimate of drug-likeness (QED) is 0.756. The molecular weight excluding hydrogens is 372 g/mol. The van der Waals surface area contributed by atoms with Gasteiger partial charge in [0, 0.05) is 19.1 Å². The number of hydrogen-bond acceptors (Lipinski definition) is 4. The monoisotopic (exact) mass is 400 g/mol. The van der Waals surface area contributed by atoms with Crippen molar-refractivity contribution in [3.05, 3.63) is 24.3 Å². The standard InChI is InChI=1S/C21H28N4O2S/c26-19(22-16-8-2-1-3-9-16)15-28-21-23-17-10-4-5-11-18(17)25(21)14-20(27)24-12-6-7-13-24/h4-5,10-11,16H,1-3,6-9,12-15H2,(H,22,26). The van der Waals surface area contributed by atoms with E-state index in [9.17, 15) is 9.59 Å². The molecule has 2 aromatic rings. The first-order chi connectivity index (χ1) is 13.7. The molecule has 0 spiro atoms. The predicted molar refractivity (Wildman–Crippen MR) is 111 cm³/mol. The van der Waals surface area contributed by atoms with Crippen LogP contribution in [0.3, 0.4) is 0 Å². The lowest BCUT2D eigenvalue weighted by Gasteiger charge is -2.22. The minimum Gasteiger partial charge on any atom is -0.353 e. The molecule has 28 heavy (non-hydrogen) atoms. The van der Waals surface area contributed by atoms with Crippen LogP contribution >= 0.6 is 11.8 Å². The average Bonchev–Trinajstić information content (AvgIpc) is 3.36. The van der Waals surface area contributed by atoms with E-state index in [4.69, 9.17) is 0 Å². The number of para-hydroxylation sites is 2. The molecular formula is C21H28N4O2S. The van der Waals surface area contributed by atoms with E-state index in [1.807, 2.05) is 33.7 Å². The second-order valence-corrected chi connectivity index (χ2v) is 8.69. The zero-order valence-corrected chi connectivity index (χ0v) is 17.0. The molecule has 0 unspecified atom stereocenters. The van der Waals surface area contributed by atoms with Crippen LogP contribution < -0.4 is 5.32 Å². The van der Waals surface area contributed by atoms with Crippen molar-refractivity contribution in [1.82, 2.24) is 19.8 Å². The first-order valence-electron chi connectivity index (χ1n) is 10.4. The van der Waals surface area contributed by atoms with Crippen LogP contribution in [-0.2, 0) is 16.1 Å². The van der Waals surface area contributed by atoms with Gasteiger partial charge >= 0.3 is 0 Å². The van der Waals surface area contributed by atoms with Crippen LogP contribution in [0.5, 0.6) is 0 Å². The molecule has 1 saturated heterocycles. The molecule has 150 valence electrons. The normalized spacial score (nSPS) is 17.9. The summed E-state index contributed by atoms with van der Waals surface area (Å²) in [4.78, 5) is 31.7. The van der Waals surface area contributed by atoms with Crippen LogP contribution in [0.2, 0.25) is 0 Å². The predicted octanol–water partition coefficient (Wildman–Crippen LogP) is 3.20. The minimum absolute atomic E-state index is 0.0568. The third-order valence-corrected chi connectivity index (χ3v) is 6.65. The number of nitrogens with zero attached hydrogens (tertiary/aromatic N) is 3. The number of imidazole rings is 1. The summed E-state index contributed by atoms with van der Waals surface area (Å²) in [5.74, 6) is 0.521. The number of carbonyl (C=O) groups excluding carboxylic acids is 2. The van der Waals surface area contributed by atoms with E-state index in [2.05, 4.69) is 10.3 Å². The molecule has 6 nitrogen and oxygen atoms in total. The molecule has 2 amide bonds. The smallest absolute Gasteiger partial charge is 0.242 e. The van der Waals surface area contributed by atoms with E-state index in [-0.39, 0.29) is 18.4 Å². The second-order valence-electron chi connectivity index (χ2n) is 7.75. The largest absolute Gasteiger partial charge is 0.353 e. The number of carbonyl (C=O) groups is 2. The van der Waals surface area contributed by atoms with Gasteiger partial charge in [-0.2, -0.15) is 0 Å². The number of aromatic nitrogens is 2. The SMILES string of the molecule is O=C(CSc1nc2ccccc2n1CC(=O)N1CCCC1)NC1CCCCC1. The Morgan fingerprint density at radius 1 is 1.07 bits per heavy atom. The lowest BCUT2D eigenvalue weighted by atomic mass is 9.95. The van der Waals surface area contributed by atoms with E-state index in [0.717, 1.165) is 55.0 Å². The topological polar surface area (TPSA) is 67.2 Å². The number of hydrogen-bond donors (Lipinski definition) is 1. The number of benzene rings is 1. The number of amides is 2. The molecule has 7 heteroatoms. The van der Waals surface area contributed by atoms with E-state index in [0.29, 0.717) is 11.8 Å². The summed E-state index contributed by atoms with van der Waals surface area (Å²) in [6.07, 6.45) is 8.01. The summed E-state index contributed by atoms with van der Waals surface area (Å²) >= 11 is 1.42. The number of fused-ring (bicyclic) bond motifs is 1. The Morgan fingerprint density at radius 3 is 2.61 bits per heavy atom. The Bertz CT molecular complexity index is 838. The fourth-order valence-corrected chi connectivity index (χ4v) is 4.99. The van der Waals surface area contributed by atoms with Crippen LogP contribution in [-0.4, -0.2) is 51.1 Å². The van der Waals surface area contributed by atoms with Gasteiger partial charge in [-0.15, -0.1) is 0 Å². The zero-order valence-electron chi connectivity index (χ0n) is 16.2. The van der Waals surface area contributed by atoms with Crippen LogP contribution in [0.15, 0.2) is 29.4 Å². The number of rotatable bonds is 6.